The van der Waals surface area contributed by atoms with E-state index in [1.165, 1.54) is 0 Å². The van der Waals surface area contributed by atoms with E-state index in [1.54, 1.807) is 24.3 Å². The molecule has 17 heavy (non-hydrogen) atoms. The summed E-state index contributed by atoms with van der Waals surface area (Å²) in [5.41, 5.74) is 13.0. The van der Waals surface area contributed by atoms with Gasteiger partial charge in [-0.25, -0.2) is 0 Å². The quantitative estimate of drug-likeness (QED) is 0.716. The number of nitrogen functional groups attached to an aromatic ring is 1. The van der Waals surface area contributed by atoms with E-state index < -0.39 is 5.91 Å². The fraction of sp³-hybridized carbons (Fsp3) is 0. The Labute approximate surface area is 97.7 Å². The van der Waals surface area contributed by atoms with Crippen LogP contribution in [0.2, 0.25) is 0 Å². The van der Waals surface area contributed by atoms with Gasteiger partial charge in [-0.2, -0.15) is 5.26 Å². The molecule has 1 aromatic carbocycles. The van der Waals surface area contributed by atoms with E-state index in [0.29, 0.717) is 11.3 Å². The molecule has 1 heterocycles. The second-order valence-corrected chi connectivity index (χ2v) is 3.57. The molecule has 0 saturated heterocycles. The highest BCUT2D eigenvalue weighted by molar-refractivity contribution is 5.99. The Hall–Kier alpha value is -2.74. The molecule has 0 aliphatic heterocycles. The summed E-state index contributed by atoms with van der Waals surface area (Å²) >= 11 is 0. The molecule has 5 heteroatoms. The third-order valence-corrected chi connectivity index (χ3v) is 2.42. The number of anilines is 1. The third-order valence-electron chi connectivity index (χ3n) is 2.42. The minimum absolute atomic E-state index is 0.231. The molecule has 0 saturated carbocycles. The zero-order valence-corrected chi connectivity index (χ0v) is 8.90. The maximum absolute atomic E-state index is 11.1. The Morgan fingerprint density at radius 2 is 2.12 bits per heavy atom. The van der Waals surface area contributed by atoms with Crippen LogP contribution in [-0.4, -0.2) is 10.9 Å². The minimum Gasteiger partial charge on any atom is -0.385 e. The average molecular weight is 226 g/mol. The number of primary amides is 1. The second kappa shape index (κ2) is 4.02. The van der Waals surface area contributed by atoms with Crippen molar-refractivity contribution < 1.29 is 4.79 Å². The van der Waals surface area contributed by atoms with Gasteiger partial charge in [-0.05, 0) is 23.8 Å². The van der Waals surface area contributed by atoms with Crippen molar-refractivity contribution in [2.75, 3.05) is 5.73 Å². The molecule has 84 valence electrons. The van der Waals surface area contributed by atoms with Crippen molar-refractivity contribution in [2.45, 2.75) is 0 Å². The molecular weight excluding hydrogens is 216 g/mol. The zero-order chi connectivity index (χ0) is 12.4. The van der Waals surface area contributed by atoms with Gasteiger partial charge in [0.05, 0.1) is 17.2 Å². The lowest BCUT2D eigenvalue weighted by molar-refractivity contribution is 0.100. The number of nitriles is 1. The molecule has 5 nitrogen and oxygen atoms in total. The lowest BCUT2D eigenvalue weighted by Crippen LogP contribution is -2.11. The van der Waals surface area contributed by atoms with E-state index >= 15 is 0 Å². The lowest BCUT2D eigenvalue weighted by Gasteiger charge is -1.97. The van der Waals surface area contributed by atoms with E-state index in [1.807, 2.05) is 12.1 Å². The van der Waals surface area contributed by atoms with Crippen LogP contribution < -0.4 is 11.5 Å². The van der Waals surface area contributed by atoms with Gasteiger partial charge < -0.3 is 16.5 Å². The van der Waals surface area contributed by atoms with Crippen LogP contribution in [0.5, 0.6) is 0 Å². The minimum atomic E-state index is -0.582. The summed E-state index contributed by atoms with van der Waals surface area (Å²) in [7, 11) is 0. The Morgan fingerprint density at radius 3 is 2.71 bits per heavy atom. The van der Waals surface area contributed by atoms with Crippen LogP contribution in [0.25, 0.3) is 11.3 Å². The number of carbonyl (C=O) groups excluding carboxylic acids is 1. The highest BCUT2D eigenvalue weighted by Gasteiger charge is 2.11. The van der Waals surface area contributed by atoms with Crippen LogP contribution in [0.4, 0.5) is 5.82 Å². The monoisotopic (exact) mass is 226 g/mol. The molecule has 1 amide bonds. The third kappa shape index (κ3) is 1.96. The number of hydrogen-bond donors (Lipinski definition) is 3. The van der Waals surface area contributed by atoms with E-state index in [4.69, 9.17) is 16.7 Å². The van der Waals surface area contributed by atoms with Crippen LogP contribution >= 0.6 is 0 Å². The molecule has 0 radical (unpaired) electrons. The van der Waals surface area contributed by atoms with Crippen molar-refractivity contribution in [2.24, 2.45) is 5.73 Å². The fourth-order valence-electron chi connectivity index (χ4n) is 1.59. The standard InChI is InChI=1S/C12H10N4O/c13-6-7-2-1-3-8(4-7)10-5-9(12(15)17)11(14)16-10/h1-5,16H,14H2,(H2,15,17). The largest absolute Gasteiger partial charge is 0.385 e. The fourth-order valence-corrected chi connectivity index (χ4v) is 1.59. The molecule has 0 fully saturated rings. The van der Waals surface area contributed by atoms with Crippen LogP contribution in [0, 0.1) is 11.3 Å². The van der Waals surface area contributed by atoms with Crippen molar-refractivity contribution in [3.63, 3.8) is 0 Å². The normalized spacial score (nSPS) is 9.82. The Morgan fingerprint density at radius 1 is 1.35 bits per heavy atom. The van der Waals surface area contributed by atoms with E-state index in [0.717, 1.165) is 5.56 Å². The zero-order valence-electron chi connectivity index (χ0n) is 8.90. The molecule has 0 unspecified atom stereocenters. The van der Waals surface area contributed by atoms with Crippen molar-refractivity contribution in [1.29, 1.82) is 5.26 Å². The van der Waals surface area contributed by atoms with E-state index in [9.17, 15) is 4.79 Å². The number of rotatable bonds is 2. The van der Waals surface area contributed by atoms with Crippen LogP contribution in [0.15, 0.2) is 30.3 Å². The number of carbonyl (C=O) groups is 1. The van der Waals surface area contributed by atoms with Gasteiger partial charge in [-0.1, -0.05) is 12.1 Å². The summed E-state index contributed by atoms with van der Waals surface area (Å²) in [5, 5.41) is 8.80. The number of H-pyrrole nitrogens is 1. The van der Waals surface area contributed by atoms with Gasteiger partial charge in [0, 0.05) is 5.69 Å². The molecule has 0 bridgehead atoms. The number of hydrogen-bond acceptors (Lipinski definition) is 3. The van der Waals surface area contributed by atoms with Crippen LogP contribution in [0.1, 0.15) is 15.9 Å². The van der Waals surface area contributed by atoms with Crippen molar-refractivity contribution >= 4 is 11.7 Å². The predicted octanol–water partition coefficient (Wildman–Crippen LogP) is 1.23. The highest BCUT2D eigenvalue weighted by Crippen LogP contribution is 2.23. The Bertz CT molecular complexity index is 622. The summed E-state index contributed by atoms with van der Waals surface area (Å²) in [4.78, 5) is 13.9. The number of nitrogens with one attached hydrogen (secondary N) is 1. The van der Waals surface area contributed by atoms with Gasteiger partial charge in [0.2, 0.25) is 0 Å². The Kier molecular flexibility index (Phi) is 2.55. The van der Waals surface area contributed by atoms with Gasteiger partial charge in [0.15, 0.2) is 0 Å². The number of aromatic amines is 1. The van der Waals surface area contributed by atoms with Crippen molar-refractivity contribution in [1.82, 2.24) is 4.98 Å². The molecule has 5 N–H and O–H groups in total. The predicted molar refractivity (Wildman–Crippen MR) is 63.9 cm³/mol. The van der Waals surface area contributed by atoms with E-state index in [-0.39, 0.29) is 11.4 Å². The summed E-state index contributed by atoms with van der Waals surface area (Å²) < 4.78 is 0. The first-order valence-electron chi connectivity index (χ1n) is 4.90. The SMILES string of the molecule is N#Cc1cccc(-c2cc(C(N)=O)c(N)[nH]2)c1. The van der Waals surface area contributed by atoms with E-state index in [2.05, 4.69) is 4.98 Å². The summed E-state index contributed by atoms with van der Waals surface area (Å²) in [5.74, 6) is -0.351. The smallest absolute Gasteiger partial charge is 0.252 e. The summed E-state index contributed by atoms with van der Waals surface area (Å²) in [6, 6.07) is 10.6. The molecule has 0 aliphatic rings. The van der Waals surface area contributed by atoms with Gasteiger partial charge in [0.1, 0.15) is 5.82 Å². The second-order valence-electron chi connectivity index (χ2n) is 3.57. The molecule has 2 rings (SSSR count). The van der Waals surface area contributed by atoms with Crippen LogP contribution in [-0.2, 0) is 0 Å². The summed E-state index contributed by atoms with van der Waals surface area (Å²) in [6.45, 7) is 0. The molecule has 0 aliphatic carbocycles. The summed E-state index contributed by atoms with van der Waals surface area (Å²) in [6.07, 6.45) is 0. The Balaban J connectivity index is 2.50. The molecule has 0 spiro atoms. The maximum Gasteiger partial charge on any atom is 0.252 e. The number of aromatic nitrogens is 1. The van der Waals surface area contributed by atoms with Crippen LogP contribution in [0.3, 0.4) is 0 Å². The first-order valence-corrected chi connectivity index (χ1v) is 4.90. The molecular formula is C12H10N4O. The van der Waals surface area contributed by atoms with Gasteiger partial charge >= 0.3 is 0 Å². The average Bonchev–Trinajstić information content (AvgIpc) is 2.71. The highest BCUT2D eigenvalue weighted by atomic mass is 16.1. The lowest BCUT2D eigenvalue weighted by atomic mass is 10.1. The van der Waals surface area contributed by atoms with Gasteiger partial charge in [0.25, 0.3) is 5.91 Å². The first kappa shape index (κ1) is 10.8. The maximum atomic E-state index is 11.1. The number of benzene rings is 1. The number of amides is 1. The molecule has 0 atom stereocenters. The number of nitrogens with zero attached hydrogens (tertiary/aromatic N) is 1. The van der Waals surface area contributed by atoms with Crippen molar-refractivity contribution in [3.05, 3.63) is 41.5 Å². The van der Waals surface area contributed by atoms with Crippen molar-refractivity contribution in [3.8, 4) is 17.3 Å². The first-order chi connectivity index (χ1) is 8.11. The topological polar surface area (TPSA) is 109 Å². The number of nitrogens with two attached hydrogens (primary N) is 2. The van der Waals surface area contributed by atoms with Gasteiger partial charge in [-0.3, -0.25) is 4.79 Å². The molecule has 2 aromatic rings. The molecule has 1 aromatic heterocycles. The van der Waals surface area contributed by atoms with Gasteiger partial charge in [-0.15, -0.1) is 0 Å².